The lowest BCUT2D eigenvalue weighted by molar-refractivity contribution is 0.0689. The zero-order valence-electron chi connectivity index (χ0n) is 12.0. The summed E-state index contributed by atoms with van der Waals surface area (Å²) in [6, 6.07) is 1.49. The van der Waals surface area contributed by atoms with E-state index in [-0.39, 0.29) is 29.1 Å². The smallest absolute Gasteiger partial charge is 0.339 e. The van der Waals surface area contributed by atoms with Gasteiger partial charge in [0.2, 0.25) is 0 Å². The van der Waals surface area contributed by atoms with Crippen LogP contribution in [0.1, 0.15) is 31.8 Å². The number of hydrogen-bond donors (Lipinski definition) is 2. The van der Waals surface area contributed by atoms with E-state index in [0.29, 0.717) is 37.2 Å². The molecule has 22 heavy (non-hydrogen) atoms. The number of rotatable bonds is 7. The maximum Gasteiger partial charge on any atom is 0.339 e. The summed E-state index contributed by atoms with van der Waals surface area (Å²) in [6.07, 6.45) is 0.930. The molecule has 2 heterocycles. The highest BCUT2D eigenvalue weighted by Gasteiger charge is 2.33. The molecular weight excluding hydrogens is 292 g/mol. The number of hydrogen-bond acceptors (Lipinski definition) is 5. The third kappa shape index (κ3) is 2.90. The van der Waals surface area contributed by atoms with Crippen molar-refractivity contribution in [2.24, 2.45) is 0 Å². The molecule has 0 aromatic heterocycles. The maximum atomic E-state index is 11.7. The normalized spacial score (nSPS) is 22.2. The molecule has 2 aliphatic heterocycles. The van der Waals surface area contributed by atoms with Crippen LogP contribution >= 0.6 is 0 Å². The molecular formula is C15H16O7. The van der Waals surface area contributed by atoms with Crippen molar-refractivity contribution in [3.8, 4) is 5.75 Å². The summed E-state index contributed by atoms with van der Waals surface area (Å²) in [5.41, 5.74) is 1.02. The molecule has 0 radical (unpaired) electrons. The third-order valence-electron chi connectivity index (χ3n) is 3.81. The first-order valence-corrected chi connectivity index (χ1v) is 6.93. The molecule has 2 fully saturated rings. The van der Waals surface area contributed by atoms with E-state index in [2.05, 4.69) is 0 Å². The highest BCUT2D eigenvalue weighted by atomic mass is 16.6. The van der Waals surface area contributed by atoms with Crippen molar-refractivity contribution < 1.29 is 34.0 Å². The molecule has 2 unspecified atom stereocenters. The molecule has 0 amide bonds. The van der Waals surface area contributed by atoms with E-state index < -0.39 is 11.9 Å². The Morgan fingerprint density at radius 3 is 2.23 bits per heavy atom. The lowest BCUT2D eigenvalue weighted by Gasteiger charge is -2.17. The van der Waals surface area contributed by atoms with Crippen molar-refractivity contribution in [2.45, 2.75) is 25.0 Å². The van der Waals surface area contributed by atoms with Crippen LogP contribution in [0.2, 0.25) is 0 Å². The van der Waals surface area contributed by atoms with Gasteiger partial charge < -0.3 is 24.4 Å². The minimum Gasteiger partial charge on any atom is -0.495 e. The standard InChI is InChI=1S/C15H16O7/c1-20-13-11(14(16)17)3-7(2-8-5-21-8)10(4-9-6-22-9)12(13)15(18)19/h3,8-9H,2,4-6H2,1H3,(H,16,17)(H,18,19). The fourth-order valence-electron chi connectivity index (χ4n) is 2.62. The molecule has 2 atom stereocenters. The Labute approximate surface area is 126 Å². The first-order valence-electron chi connectivity index (χ1n) is 6.93. The lowest BCUT2D eigenvalue weighted by atomic mass is 9.90. The topological polar surface area (TPSA) is 109 Å². The minimum absolute atomic E-state index is 0.0163. The van der Waals surface area contributed by atoms with Gasteiger partial charge in [-0.05, 0) is 17.2 Å². The van der Waals surface area contributed by atoms with E-state index >= 15 is 0 Å². The van der Waals surface area contributed by atoms with E-state index in [1.807, 2.05) is 0 Å². The second-order valence-corrected chi connectivity index (χ2v) is 5.40. The van der Waals surface area contributed by atoms with Crippen LogP contribution in [0.15, 0.2) is 6.07 Å². The summed E-state index contributed by atoms with van der Waals surface area (Å²) in [6.45, 7) is 1.19. The fraction of sp³-hybridized carbons (Fsp3) is 0.467. The lowest BCUT2D eigenvalue weighted by Crippen LogP contribution is -2.16. The summed E-state index contributed by atoms with van der Waals surface area (Å²) in [4.78, 5) is 23.1. The van der Waals surface area contributed by atoms with Crippen LogP contribution in [-0.4, -0.2) is 54.7 Å². The number of benzene rings is 1. The highest BCUT2D eigenvalue weighted by Crippen LogP contribution is 2.35. The average Bonchev–Trinajstić information content (AvgIpc) is 3.33. The van der Waals surface area contributed by atoms with Crippen LogP contribution in [0.3, 0.4) is 0 Å². The van der Waals surface area contributed by atoms with Gasteiger partial charge in [0.1, 0.15) is 16.9 Å². The second kappa shape index (κ2) is 5.58. The molecule has 7 heteroatoms. The van der Waals surface area contributed by atoms with Gasteiger partial charge in [-0.3, -0.25) is 0 Å². The van der Waals surface area contributed by atoms with Crippen LogP contribution in [-0.2, 0) is 22.3 Å². The first-order chi connectivity index (χ1) is 10.5. The highest BCUT2D eigenvalue weighted by molar-refractivity contribution is 6.00. The Bertz CT molecular complexity index is 629. The van der Waals surface area contributed by atoms with Crippen molar-refractivity contribution in [3.05, 3.63) is 28.3 Å². The molecule has 2 N–H and O–H groups in total. The number of carboxylic acid groups (broad SMARTS) is 2. The van der Waals surface area contributed by atoms with Gasteiger partial charge in [-0.25, -0.2) is 9.59 Å². The molecule has 1 aromatic carbocycles. The molecule has 118 valence electrons. The van der Waals surface area contributed by atoms with Gasteiger partial charge in [0.15, 0.2) is 0 Å². The third-order valence-corrected chi connectivity index (χ3v) is 3.81. The number of methoxy groups -OCH3 is 1. The molecule has 0 saturated carbocycles. The molecule has 2 aliphatic rings. The van der Waals surface area contributed by atoms with Crippen LogP contribution < -0.4 is 4.74 Å². The summed E-state index contributed by atoms with van der Waals surface area (Å²) < 4.78 is 15.5. The number of ether oxygens (including phenoxy) is 3. The monoisotopic (exact) mass is 308 g/mol. The second-order valence-electron chi connectivity index (χ2n) is 5.40. The average molecular weight is 308 g/mol. The Kier molecular flexibility index (Phi) is 3.76. The summed E-state index contributed by atoms with van der Waals surface area (Å²) >= 11 is 0. The van der Waals surface area contributed by atoms with E-state index in [0.717, 1.165) is 0 Å². The van der Waals surface area contributed by atoms with Crippen LogP contribution in [0.5, 0.6) is 5.75 Å². The van der Waals surface area contributed by atoms with Crippen molar-refractivity contribution >= 4 is 11.9 Å². The number of carboxylic acids is 2. The SMILES string of the molecule is COc1c(C(=O)O)cc(CC2CO2)c(CC2CO2)c1C(=O)O. The van der Waals surface area contributed by atoms with Crippen molar-refractivity contribution in [3.63, 3.8) is 0 Å². The van der Waals surface area contributed by atoms with Crippen LogP contribution in [0, 0.1) is 0 Å². The number of aromatic carboxylic acids is 2. The van der Waals surface area contributed by atoms with Gasteiger partial charge in [0.25, 0.3) is 0 Å². The fourth-order valence-corrected chi connectivity index (χ4v) is 2.62. The quantitative estimate of drug-likeness (QED) is 0.722. The molecule has 3 rings (SSSR count). The Morgan fingerprint density at radius 1 is 1.18 bits per heavy atom. The zero-order valence-corrected chi connectivity index (χ0v) is 12.0. The van der Waals surface area contributed by atoms with Crippen molar-refractivity contribution in [1.82, 2.24) is 0 Å². The van der Waals surface area contributed by atoms with Gasteiger partial charge in [0, 0.05) is 12.8 Å². The first kappa shape index (κ1) is 14.8. The molecule has 7 nitrogen and oxygen atoms in total. The predicted molar refractivity (Wildman–Crippen MR) is 73.8 cm³/mol. The van der Waals surface area contributed by atoms with E-state index in [4.69, 9.17) is 14.2 Å². The van der Waals surface area contributed by atoms with Crippen molar-refractivity contribution in [2.75, 3.05) is 20.3 Å². The van der Waals surface area contributed by atoms with Gasteiger partial charge in [-0.15, -0.1) is 0 Å². The predicted octanol–water partition coefficient (Wildman–Crippen LogP) is 0.974. The molecule has 0 aliphatic carbocycles. The summed E-state index contributed by atoms with van der Waals surface area (Å²) in [5.74, 6) is -2.53. The van der Waals surface area contributed by atoms with E-state index in [1.54, 1.807) is 0 Å². The molecule has 1 aromatic rings. The summed E-state index contributed by atoms with van der Waals surface area (Å²) in [5, 5.41) is 18.9. The van der Waals surface area contributed by atoms with E-state index in [9.17, 15) is 19.8 Å². The van der Waals surface area contributed by atoms with Crippen LogP contribution in [0.4, 0.5) is 0 Å². The maximum absolute atomic E-state index is 11.7. The van der Waals surface area contributed by atoms with Gasteiger partial charge in [-0.2, -0.15) is 0 Å². The summed E-state index contributed by atoms with van der Waals surface area (Å²) in [7, 11) is 1.27. The molecule has 0 bridgehead atoms. The minimum atomic E-state index is -1.22. The number of epoxide rings is 2. The Morgan fingerprint density at radius 2 is 1.77 bits per heavy atom. The van der Waals surface area contributed by atoms with Gasteiger partial charge in [0.05, 0.1) is 32.5 Å². The Hall–Kier alpha value is -2.12. The molecule has 0 spiro atoms. The zero-order chi connectivity index (χ0) is 15.9. The van der Waals surface area contributed by atoms with Gasteiger partial charge in [-0.1, -0.05) is 0 Å². The molecule has 2 saturated heterocycles. The Balaban J connectivity index is 2.16. The number of carbonyl (C=O) groups is 2. The van der Waals surface area contributed by atoms with E-state index in [1.165, 1.54) is 13.2 Å². The van der Waals surface area contributed by atoms with Crippen LogP contribution in [0.25, 0.3) is 0 Å². The largest absolute Gasteiger partial charge is 0.495 e. The van der Waals surface area contributed by atoms with Gasteiger partial charge >= 0.3 is 11.9 Å². The van der Waals surface area contributed by atoms with Crippen molar-refractivity contribution in [1.29, 1.82) is 0 Å².